The van der Waals surface area contributed by atoms with Gasteiger partial charge in [0.05, 0.1) is 33.5 Å². The molecule has 0 unspecified atom stereocenters. The number of rotatable bonds is 4. The van der Waals surface area contributed by atoms with Crippen LogP contribution in [0.3, 0.4) is 0 Å². The van der Waals surface area contributed by atoms with Gasteiger partial charge in [0.25, 0.3) is 5.56 Å². The fraction of sp³-hybridized carbons (Fsp3) is 0.200. The standard InChI is InChI=1S/C15H15N5OS/c1-9-14(22-10(2)18-9)12-7-13(21)20-15(19-12)17-8-11-5-3-4-6-16-11/h3-7H,8H2,1-2H3,(H2,17,19,20,21). The lowest BCUT2D eigenvalue weighted by Gasteiger charge is -2.06. The van der Waals surface area contributed by atoms with Crippen LogP contribution in [0.15, 0.2) is 35.3 Å². The largest absolute Gasteiger partial charge is 0.350 e. The van der Waals surface area contributed by atoms with Crippen molar-refractivity contribution >= 4 is 17.3 Å². The zero-order valence-corrected chi connectivity index (χ0v) is 13.1. The summed E-state index contributed by atoms with van der Waals surface area (Å²) in [6, 6.07) is 7.18. The van der Waals surface area contributed by atoms with E-state index < -0.39 is 0 Å². The summed E-state index contributed by atoms with van der Waals surface area (Å²) in [5, 5.41) is 4.05. The first-order valence-electron chi connectivity index (χ1n) is 6.81. The highest BCUT2D eigenvalue weighted by atomic mass is 32.1. The van der Waals surface area contributed by atoms with E-state index in [0.717, 1.165) is 21.3 Å². The lowest BCUT2D eigenvalue weighted by molar-refractivity contribution is 0.994. The third-order valence-electron chi connectivity index (χ3n) is 3.04. The Labute approximate surface area is 131 Å². The molecule has 3 aromatic heterocycles. The van der Waals surface area contributed by atoms with Crippen LogP contribution in [-0.4, -0.2) is 19.9 Å². The Morgan fingerprint density at radius 3 is 2.82 bits per heavy atom. The van der Waals surface area contributed by atoms with Crippen LogP contribution >= 0.6 is 11.3 Å². The van der Waals surface area contributed by atoms with Crippen LogP contribution in [-0.2, 0) is 6.54 Å². The quantitative estimate of drug-likeness (QED) is 0.773. The van der Waals surface area contributed by atoms with Gasteiger partial charge in [-0.15, -0.1) is 11.3 Å². The Kier molecular flexibility index (Phi) is 3.97. The molecule has 0 bridgehead atoms. The van der Waals surface area contributed by atoms with Crippen molar-refractivity contribution in [1.82, 2.24) is 19.9 Å². The van der Waals surface area contributed by atoms with Crippen molar-refractivity contribution in [2.75, 3.05) is 5.32 Å². The second kappa shape index (κ2) is 6.07. The SMILES string of the molecule is Cc1nc(C)c(-c2cc(=O)[nH]c(NCc3ccccn3)n2)s1. The average Bonchev–Trinajstić information content (AvgIpc) is 2.84. The number of thiazole rings is 1. The normalized spacial score (nSPS) is 10.6. The van der Waals surface area contributed by atoms with Gasteiger partial charge in [-0.25, -0.2) is 9.97 Å². The number of hydrogen-bond acceptors (Lipinski definition) is 6. The topological polar surface area (TPSA) is 83.6 Å². The van der Waals surface area contributed by atoms with E-state index in [-0.39, 0.29) is 5.56 Å². The summed E-state index contributed by atoms with van der Waals surface area (Å²) in [5.41, 5.74) is 2.20. The predicted octanol–water partition coefficient (Wildman–Crippen LogP) is 2.52. The van der Waals surface area contributed by atoms with E-state index in [0.29, 0.717) is 18.2 Å². The molecule has 7 heteroatoms. The molecule has 0 amide bonds. The molecule has 0 aliphatic rings. The van der Waals surface area contributed by atoms with Crippen molar-refractivity contribution in [2.24, 2.45) is 0 Å². The molecular formula is C15H15N5OS. The molecule has 22 heavy (non-hydrogen) atoms. The van der Waals surface area contributed by atoms with Gasteiger partial charge in [0.15, 0.2) is 0 Å². The molecule has 0 fully saturated rings. The van der Waals surface area contributed by atoms with Crippen LogP contribution in [0.5, 0.6) is 0 Å². The van der Waals surface area contributed by atoms with Gasteiger partial charge < -0.3 is 5.32 Å². The van der Waals surface area contributed by atoms with Crippen LogP contribution < -0.4 is 10.9 Å². The van der Waals surface area contributed by atoms with Gasteiger partial charge in [0.2, 0.25) is 5.95 Å². The molecule has 0 spiro atoms. The number of nitrogens with zero attached hydrogens (tertiary/aromatic N) is 3. The number of anilines is 1. The van der Waals surface area contributed by atoms with Gasteiger partial charge >= 0.3 is 0 Å². The first-order chi connectivity index (χ1) is 10.6. The third kappa shape index (κ3) is 3.20. The molecule has 2 N–H and O–H groups in total. The van der Waals surface area contributed by atoms with Crippen LogP contribution in [0.2, 0.25) is 0 Å². The third-order valence-corrected chi connectivity index (χ3v) is 4.14. The highest BCUT2D eigenvalue weighted by Crippen LogP contribution is 2.27. The fourth-order valence-corrected chi connectivity index (χ4v) is 2.98. The fourth-order valence-electron chi connectivity index (χ4n) is 2.10. The Morgan fingerprint density at radius 1 is 1.27 bits per heavy atom. The zero-order chi connectivity index (χ0) is 15.5. The molecule has 0 saturated carbocycles. The van der Waals surface area contributed by atoms with Gasteiger partial charge in [0.1, 0.15) is 0 Å². The van der Waals surface area contributed by atoms with E-state index >= 15 is 0 Å². The van der Waals surface area contributed by atoms with Crippen LogP contribution in [0.4, 0.5) is 5.95 Å². The molecule has 6 nitrogen and oxygen atoms in total. The van der Waals surface area contributed by atoms with Crippen molar-refractivity contribution < 1.29 is 0 Å². The summed E-state index contributed by atoms with van der Waals surface area (Å²) in [6.45, 7) is 4.35. The van der Waals surface area contributed by atoms with Gasteiger partial charge in [-0.05, 0) is 26.0 Å². The van der Waals surface area contributed by atoms with Gasteiger partial charge in [-0.1, -0.05) is 6.07 Å². The minimum atomic E-state index is -0.195. The van der Waals surface area contributed by atoms with E-state index in [1.165, 1.54) is 17.4 Å². The Hall–Kier alpha value is -2.54. The molecule has 0 saturated heterocycles. The number of nitrogens with one attached hydrogen (secondary N) is 2. The molecule has 3 heterocycles. The first kappa shape index (κ1) is 14.4. The highest BCUT2D eigenvalue weighted by molar-refractivity contribution is 7.15. The van der Waals surface area contributed by atoms with E-state index in [2.05, 4.69) is 25.3 Å². The predicted molar refractivity (Wildman–Crippen MR) is 87.0 cm³/mol. The van der Waals surface area contributed by atoms with E-state index in [9.17, 15) is 4.79 Å². The van der Waals surface area contributed by atoms with Crippen LogP contribution in [0.25, 0.3) is 10.6 Å². The van der Waals surface area contributed by atoms with Crippen molar-refractivity contribution in [3.05, 3.63) is 57.2 Å². The number of aromatic nitrogens is 4. The summed E-state index contributed by atoms with van der Waals surface area (Å²) in [7, 11) is 0. The molecule has 3 aromatic rings. The molecule has 112 valence electrons. The van der Waals surface area contributed by atoms with Crippen molar-refractivity contribution in [1.29, 1.82) is 0 Å². The molecule has 0 aliphatic carbocycles. The maximum atomic E-state index is 11.8. The average molecular weight is 313 g/mol. The van der Waals surface area contributed by atoms with Gasteiger partial charge in [-0.2, -0.15) is 0 Å². The molecule has 3 rings (SSSR count). The summed E-state index contributed by atoms with van der Waals surface area (Å²) in [4.78, 5) is 28.5. The molecular weight excluding hydrogens is 298 g/mol. The van der Waals surface area contributed by atoms with E-state index in [4.69, 9.17) is 0 Å². The number of hydrogen-bond donors (Lipinski definition) is 2. The van der Waals surface area contributed by atoms with Crippen molar-refractivity contribution in [3.63, 3.8) is 0 Å². The monoisotopic (exact) mass is 313 g/mol. The number of H-pyrrole nitrogens is 1. The summed E-state index contributed by atoms with van der Waals surface area (Å²) in [6.07, 6.45) is 1.73. The van der Waals surface area contributed by atoms with E-state index in [1.807, 2.05) is 32.0 Å². The minimum Gasteiger partial charge on any atom is -0.350 e. The summed E-state index contributed by atoms with van der Waals surface area (Å²) < 4.78 is 0. The number of pyridine rings is 1. The lowest BCUT2D eigenvalue weighted by atomic mass is 10.3. The van der Waals surface area contributed by atoms with Gasteiger partial charge in [0, 0.05) is 12.3 Å². The Bertz CT molecular complexity index is 841. The second-order valence-electron chi connectivity index (χ2n) is 4.80. The first-order valence-corrected chi connectivity index (χ1v) is 7.63. The molecule has 0 radical (unpaired) electrons. The van der Waals surface area contributed by atoms with E-state index in [1.54, 1.807) is 6.20 Å². The number of aromatic amines is 1. The van der Waals surface area contributed by atoms with Crippen molar-refractivity contribution in [3.8, 4) is 10.6 Å². The second-order valence-corrected chi connectivity index (χ2v) is 6.00. The lowest BCUT2D eigenvalue weighted by Crippen LogP contribution is -2.13. The molecule has 0 atom stereocenters. The van der Waals surface area contributed by atoms with Crippen LogP contribution in [0, 0.1) is 13.8 Å². The maximum Gasteiger partial charge on any atom is 0.252 e. The highest BCUT2D eigenvalue weighted by Gasteiger charge is 2.11. The Morgan fingerprint density at radius 2 is 2.14 bits per heavy atom. The van der Waals surface area contributed by atoms with Gasteiger partial charge in [-0.3, -0.25) is 14.8 Å². The van der Waals surface area contributed by atoms with Crippen LogP contribution in [0.1, 0.15) is 16.4 Å². The summed E-state index contributed by atoms with van der Waals surface area (Å²) >= 11 is 1.53. The van der Waals surface area contributed by atoms with Crippen molar-refractivity contribution in [2.45, 2.75) is 20.4 Å². The smallest absolute Gasteiger partial charge is 0.252 e. The zero-order valence-electron chi connectivity index (χ0n) is 12.3. The maximum absolute atomic E-state index is 11.8. The summed E-state index contributed by atoms with van der Waals surface area (Å²) in [5.74, 6) is 0.429. The molecule has 0 aromatic carbocycles. The molecule has 0 aliphatic heterocycles. The Balaban J connectivity index is 1.87. The minimum absolute atomic E-state index is 0.195. The number of aryl methyl sites for hydroxylation is 2.